The van der Waals surface area contributed by atoms with Crippen LogP contribution in [0.2, 0.25) is 0 Å². The molecular formula is C48H29BN2. The van der Waals surface area contributed by atoms with E-state index in [1.807, 2.05) is 0 Å². The first-order chi connectivity index (χ1) is 25.3. The fourth-order valence-electron chi connectivity index (χ4n) is 9.34. The van der Waals surface area contributed by atoms with Crippen LogP contribution in [0.5, 0.6) is 0 Å². The second kappa shape index (κ2) is 10.00. The fourth-order valence-corrected chi connectivity index (χ4v) is 9.34. The molecule has 0 aliphatic carbocycles. The molecule has 234 valence electrons. The minimum absolute atomic E-state index is 0.00805. The van der Waals surface area contributed by atoms with Crippen LogP contribution in [0.4, 0.5) is 0 Å². The van der Waals surface area contributed by atoms with E-state index in [0.29, 0.717) is 0 Å². The molecule has 0 unspecified atom stereocenters. The van der Waals surface area contributed by atoms with E-state index >= 15 is 0 Å². The molecule has 0 N–H and O–H groups in total. The summed E-state index contributed by atoms with van der Waals surface area (Å²) in [4.78, 5) is 0. The normalized spacial score (nSPS) is 12.7. The quantitative estimate of drug-likeness (QED) is 0.169. The number of hydrogen-bond donors (Lipinski definition) is 0. The minimum atomic E-state index is 0.00805. The first-order valence-corrected chi connectivity index (χ1v) is 17.8. The van der Waals surface area contributed by atoms with Crippen LogP contribution in [-0.2, 0) is 0 Å². The van der Waals surface area contributed by atoms with E-state index in [2.05, 4.69) is 185 Å². The van der Waals surface area contributed by atoms with Crippen molar-refractivity contribution in [3.05, 3.63) is 176 Å². The van der Waals surface area contributed by atoms with Gasteiger partial charge in [0, 0.05) is 43.8 Å². The number of para-hydroxylation sites is 2. The van der Waals surface area contributed by atoms with Gasteiger partial charge in [-0.3, -0.25) is 0 Å². The van der Waals surface area contributed by atoms with E-state index in [1.165, 1.54) is 105 Å². The lowest BCUT2D eigenvalue weighted by Gasteiger charge is -2.34. The van der Waals surface area contributed by atoms with Crippen molar-refractivity contribution < 1.29 is 0 Å². The van der Waals surface area contributed by atoms with Crippen LogP contribution in [0.25, 0.3) is 93.8 Å². The van der Waals surface area contributed by atoms with E-state index in [4.69, 9.17) is 0 Å². The van der Waals surface area contributed by atoms with Crippen molar-refractivity contribution in [1.82, 2.24) is 9.05 Å². The topological polar surface area (TPSA) is 9.86 Å². The maximum atomic E-state index is 2.66. The summed E-state index contributed by atoms with van der Waals surface area (Å²) in [6, 6.07) is 65.4. The standard InChI is InChI=1S/C48H29BN2/c1-4-13-30(14-5-1)33-23-24-43-39(25-33)41-27-34(31-15-6-2-7-16-31)28-42-48(41)50(43)45-29-35(32-17-8-3-9-18-32)26-40-38-21-12-20-37-36-19-10-11-22-44(36)51(47(37)38)49(42)46(40)45/h1-29H. The molecule has 8 aromatic carbocycles. The molecule has 4 heterocycles. The number of rotatable bonds is 3. The molecule has 3 heteroatoms. The zero-order valence-electron chi connectivity index (χ0n) is 27.7. The van der Waals surface area contributed by atoms with Crippen molar-refractivity contribution in [2.24, 2.45) is 0 Å². The maximum absolute atomic E-state index is 2.66. The molecule has 0 amide bonds. The van der Waals surface area contributed by atoms with E-state index < -0.39 is 0 Å². The minimum Gasteiger partial charge on any atom is -0.375 e. The lowest BCUT2D eigenvalue weighted by Crippen LogP contribution is -2.55. The summed E-state index contributed by atoms with van der Waals surface area (Å²) in [6.07, 6.45) is 0. The highest BCUT2D eigenvalue weighted by atomic mass is 15.0. The van der Waals surface area contributed by atoms with Crippen LogP contribution in [0.3, 0.4) is 0 Å². The number of benzene rings is 8. The molecule has 0 atom stereocenters. The van der Waals surface area contributed by atoms with E-state index in [9.17, 15) is 0 Å². The lowest BCUT2D eigenvalue weighted by atomic mass is 9.45. The van der Waals surface area contributed by atoms with E-state index in [1.54, 1.807) is 0 Å². The van der Waals surface area contributed by atoms with Crippen molar-refractivity contribution >= 4 is 61.4 Å². The molecule has 0 bridgehead atoms. The Morgan fingerprint density at radius 2 is 0.980 bits per heavy atom. The average molecular weight is 645 g/mol. The van der Waals surface area contributed by atoms with Gasteiger partial charge in [-0.05, 0) is 86.3 Å². The van der Waals surface area contributed by atoms with Crippen molar-refractivity contribution in [1.29, 1.82) is 0 Å². The van der Waals surface area contributed by atoms with Gasteiger partial charge in [-0.1, -0.05) is 140 Å². The zero-order valence-corrected chi connectivity index (χ0v) is 27.7. The Labute approximate surface area is 295 Å². The molecule has 2 aliphatic heterocycles. The molecular weight excluding hydrogens is 615 g/mol. The van der Waals surface area contributed by atoms with Gasteiger partial charge < -0.3 is 9.05 Å². The largest absolute Gasteiger partial charge is 0.375 e. The molecule has 0 fully saturated rings. The van der Waals surface area contributed by atoms with E-state index in [-0.39, 0.29) is 6.85 Å². The first kappa shape index (κ1) is 27.3. The molecule has 12 rings (SSSR count). The van der Waals surface area contributed by atoms with Gasteiger partial charge in [-0.15, -0.1) is 0 Å². The molecule has 2 aliphatic rings. The highest BCUT2D eigenvalue weighted by molar-refractivity contribution is 6.90. The number of aromatic nitrogens is 2. The van der Waals surface area contributed by atoms with Crippen molar-refractivity contribution in [3.63, 3.8) is 0 Å². The Kier molecular flexibility index (Phi) is 5.35. The van der Waals surface area contributed by atoms with Crippen molar-refractivity contribution in [3.8, 4) is 50.2 Å². The highest BCUT2D eigenvalue weighted by Gasteiger charge is 2.42. The molecule has 0 saturated heterocycles. The van der Waals surface area contributed by atoms with Crippen LogP contribution in [0, 0.1) is 0 Å². The van der Waals surface area contributed by atoms with Crippen molar-refractivity contribution in [2.45, 2.75) is 0 Å². The van der Waals surface area contributed by atoms with Crippen LogP contribution in [-0.4, -0.2) is 15.9 Å². The molecule has 0 spiro atoms. The summed E-state index contributed by atoms with van der Waals surface area (Å²) >= 11 is 0. The zero-order chi connectivity index (χ0) is 33.2. The van der Waals surface area contributed by atoms with Crippen LogP contribution < -0.4 is 10.9 Å². The second-order valence-electron chi connectivity index (χ2n) is 14.1. The molecule has 0 saturated carbocycles. The molecule has 10 aromatic rings. The number of hydrogen-bond acceptors (Lipinski definition) is 0. The van der Waals surface area contributed by atoms with Gasteiger partial charge >= 0.3 is 6.85 Å². The van der Waals surface area contributed by atoms with Gasteiger partial charge in [-0.25, -0.2) is 0 Å². The van der Waals surface area contributed by atoms with Gasteiger partial charge in [0.05, 0.1) is 11.0 Å². The van der Waals surface area contributed by atoms with E-state index in [0.717, 1.165) is 0 Å². The number of nitrogens with zero attached hydrogens (tertiary/aromatic N) is 2. The van der Waals surface area contributed by atoms with Gasteiger partial charge in [0.1, 0.15) is 0 Å². The SMILES string of the molecule is c1ccc(-c2cc3c4c(c2)-n2c5ccc(-c6ccccc6)cc5c5cc(-c6ccccc6)cc(c52)B4n2c4ccccc4c4cccc-3c42)cc1. The lowest BCUT2D eigenvalue weighted by molar-refractivity contribution is 1.18. The Morgan fingerprint density at radius 3 is 1.73 bits per heavy atom. The Hall–Kier alpha value is -6.58. The van der Waals surface area contributed by atoms with Crippen LogP contribution in [0.15, 0.2) is 176 Å². The smallest absolute Gasteiger partial charge is 0.333 e. The predicted octanol–water partition coefficient (Wildman–Crippen LogP) is 10.8. The summed E-state index contributed by atoms with van der Waals surface area (Å²) < 4.78 is 5.25. The van der Waals surface area contributed by atoms with Gasteiger partial charge in [0.25, 0.3) is 0 Å². The second-order valence-corrected chi connectivity index (χ2v) is 14.1. The van der Waals surface area contributed by atoms with Gasteiger partial charge in [0.2, 0.25) is 0 Å². The maximum Gasteiger partial charge on any atom is 0.333 e. The third kappa shape index (κ3) is 3.62. The van der Waals surface area contributed by atoms with Gasteiger partial charge in [-0.2, -0.15) is 0 Å². The predicted molar refractivity (Wildman–Crippen MR) is 216 cm³/mol. The fraction of sp³-hybridized carbons (Fsp3) is 0. The monoisotopic (exact) mass is 644 g/mol. The Balaban J connectivity index is 1.30. The Morgan fingerprint density at radius 1 is 0.353 bits per heavy atom. The molecule has 2 aromatic heterocycles. The number of fused-ring (bicyclic) bond motifs is 10. The van der Waals surface area contributed by atoms with Crippen molar-refractivity contribution in [2.75, 3.05) is 0 Å². The van der Waals surface area contributed by atoms with Gasteiger partial charge in [0.15, 0.2) is 0 Å². The molecule has 0 radical (unpaired) electrons. The highest BCUT2D eigenvalue weighted by Crippen LogP contribution is 2.45. The Bertz CT molecular complexity index is 3060. The average Bonchev–Trinajstić information content (AvgIpc) is 3.72. The summed E-state index contributed by atoms with van der Waals surface area (Å²) in [5.41, 5.74) is 19.2. The third-order valence-corrected chi connectivity index (χ3v) is 11.5. The summed E-state index contributed by atoms with van der Waals surface area (Å²) in [5, 5.41) is 5.20. The van der Waals surface area contributed by atoms with Crippen LogP contribution in [0.1, 0.15) is 0 Å². The summed E-state index contributed by atoms with van der Waals surface area (Å²) in [6.45, 7) is 0.00805. The third-order valence-electron chi connectivity index (χ3n) is 11.5. The first-order valence-electron chi connectivity index (χ1n) is 17.8. The molecule has 51 heavy (non-hydrogen) atoms. The summed E-state index contributed by atoms with van der Waals surface area (Å²) in [7, 11) is 0. The molecule has 2 nitrogen and oxygen atoms in total. The summed E-state index contributed by atoms with van der Waals surface area (Å²) in [5.74, 6) is 0. The van der Waals surface area contributed by atoms with Crippen LogP contribution >= 0.6 is 0 Å².